The van der Waals surface area contributed by atoms with E-state index in [1.54, 1.807) is 25.5 Å². The SMILES string of the molecule is COc1ccc(C=NNC(=O)Cc2ccc(Br)c3ccccc23)cc1Cl. The maximum Gasteiger partial charge on any atom is 0.244 e. The molecule has 6 heteroatoms. The van der Waals surface area contributed by atoms with Gasteiger partial charge in [0, 0.05) is 4.47 Å². The topological polar surface area (TPSA) is 50.7 Å². The minimum Gasteiger partial charge on any atom is -0.495 e. The van der Waals surface area contributed by atoms with Crippen molar-refractivity contribution in [3.8, 4) is 5.75 Å². The first-order valence-electron chi connectivity index (χ1n) is 7.90. The maximum atomic E-state index is 12.2. The van der Waals surface area contributed by atoms with E-state index in [2.05, 4.69) is 26.5 Å². The molecule has 0 saturated carbocycles. The van der Waals surface area contributed by atoms with Gasteiger partial charge in [-0.25, -0.2) is 5.43 Å². The fraction of sp³-hybridized carbons (Fsp3) is 0.100. The maximum absolute atomic E-state index is 12.2. The van der Waals surface area contributed by atoms with Crippen LogP contribution in [0.2, 0.25) is 5.02 Å². The second kappa shape index (κ2) is 8.34. The lowest BCUT2D eigenvalue weighted by atomic mass is 10.0. The number of carbonyl (C=O) groups excluding carboxylic acids is 1. The average molecular weight is 432 g/mol. The van der Waals surface area contributed by atoms with Crippen LogP contribution < -0.4 is 10.2 Å². The number of hydrazone groups is 1. The fourth-order valence-corrected chi connectivity index (χ4v) is 3.38. The molecular formula is C20H16BrClN2O2. The first kappa shape index (κ1) is 18.4. The molecule has 0 unspecified atom stereocenters. The molecule has 3 rings (SSSR count). The molecule has 3 aromatic carbocycles. The van der Waals surface area contributed by atoms with Gasteiger partial charge in [-0.1, -0.05) is 57.9 Å². The first-order chi connectivity index (χ1) is 12.6. The third-order valence-corrected chi connectivity index (χ3v) is 4.88. The van der Waals surface area contributed by atoms with Crippen LogP contribution in [0.3, 0.4) is 0 Å². The molecule has 0 fully saturated rings. The van der Waals surface area contributed by atoms with E-state index >= 15 is 0 Å². The van der Waals surface area contributed by atoms with Crippen LogP contribution in [0.1, 0.15) is 11.1 Å². The number of amides is 1. The monoisotopic (exact) mass is 430 g/mol. The average Bonchev–Trinajstić information content (AvgIpc) is 2.64. The number of rotatable bonds is 5. The zero-order valence-electron chi connectivity index (χ0n) is 14.0. The van der Waals surface area contributed by atoms with Gasteiger partial charge in [-0.3, -0.25) is 4.79 Å². The molecule has 1 N–H and O–H groups in total. The van der Waals surface area contributed by atoms with Gasteiger partial charge in [0.2, 0.25) is 5.91 Å². The van der Waals surface area contributed by atoms with Crippen molar-refractivity contribution in [1.29, 1.82) is 0 Å². The summed E-state index contributed by atoms with van der Waals surface area (Å²) in [5.41, 5.74) is 4.27. The van der Waals surface area contributed by atoms with E-state index in [1.165, 1.54) is 0 Å². The Morgan fingerprint density at radius 2 is 1.96 bits per heavy atom. The smallest absolute Gasteiger partial charge is 0.244 e. The van der Waals surface area contributed by atoms with E-state index in [9.17, 15) is 4.79 Å². The van der Waals surface area contributed by atoms with Crippen LogP contribution in [0.4, 0.5) is 0 Å². The largest absolute Gasteiger partial charge is 0.495 e. The summed E-state index contributed by atoms with van der Waals surface area (Å²) in [5, 5.41) is 6.61. The minimum absolute atomic E-state index is 0.187. The van der Waals surface area contributed by atoms with E-state index in [4.69, 9.17) is 16.3 Å². The number of nitrogens with one attached hydrogen (secondary N) is 1. The van der Waals surface area contributed by atoms with Crippen molar-refractivity contribution in [2.24, 2.45) is 5.10 Å². The Kier molecular flexibility index (Phi) is 5.91. The highest BCUT2D eigenvalue weighted by Gasteiger charge is 2.08. The van der Waals surface area contributed by atoms with Crippen LogP contribution in [0.15, 0.2) is 64.2 Å². The molecule has 4 nitrogen and oxygen atoms in total. The highest BCUT2D eigenvalue weighted by atomic mass is 79.9. The second-order valence-corrected chi connectivity index (χ2v) is 6.88. The molecule has 0 bridgehead atoms. The molecule has 1 amide bonds. The van der Waals surface area contributed by atoms with Gasteiger partial charge in [-0.15, -0.1) is 0 Å². The van der Waals surface area contributed by atoms with Crippen molar-refractivity contribution in [3.05, 3.63) is 75.2 Å². The summed E-state index contributed by atoms with van der Waals surface area (Å²) in [6, 6.07) is 17.1. The Balaban J connectivity index is 1.68. The zero-order chi connectivity index (χ0) is 18.5. The molecule has 0 radical (unpaired) electrons. The third kappa shape index (κ3) is 4.23. The summed E-state index contributed by atoms with van der Waals surface area (Å²) in [5.74, 6) is 0.406. The molecule has 0 atom stereocenters. The Hall–Kier alpha value is -2.37. The number of fused-ring (bicyclic) bond motifs is 1. The van der Waals surface area contributed by atoms with E-state index in [-0.39, 0.29) is 12.3 Å². The standard InChI is InChI=1S/C20H16BrClN2O2/c1-26-19-9-6-13(10-18(19)22)12-23-24-20(25)11-14-7-8-17(21)16-5-3-2-4-15(14)16/h2-10,12H,11H2,1H3,(H,24,25). The number of benzene rings is 3. The van der Waals surface area contributed by atoms with Crippen LogP contribution in [-0.4, -0.2) is 19.2 Å². The van der Waals surface area contributed by atoms with Crippen molar-refractivity contribution < 1.29 is 9.53 Å². The van der Waals surface area contributed by atoms with Gasteiger partial charge in [-0.2, -0.15) is 5.10 Å². The Labute approximate surface area is 164 Å². The van der Waals surface area contributed by atoms with E-state index in [0.717, 1.165) is 26.4 Å². The number of methoxy groups -OCH3 is 1. The quantitative estimate of drug-likeness (QED) is 0.459. The molecule has 0 aliphatic heterocycles. The molecular weight excluding hydrogens is 416 g/mol. The number of hydrogen-bond acceptors (Lipinski definition) is 3. The normalized spacial score (nSPS) is 11.0. The van der Waals surface area contributed by atoms with Crippen LogP contribution in [-0.2, 0) is 11.2 Å². The fourth-order valence-electron chi connectivity index (χ4n) is 2.63. The van der Waals surface area contributed by atoms with Gasteiger partial charge in [-0.05, 0) is 46.2 Å². The van der Waals surface area contributed by atoms with Crippen LogP contribution >= 0.6 is 27.5 Å². The van der Waals surface area contributed by atoms with Gasteiger partial charge in [0.1, 0.15) is 5.75 Å². The summed E-state index contributed by atoms with van der Waals surface area (Å²) < 4.78 is 6.11. The summed E-state index contributed by atoms with van der Waals surface area (Å²) >= 11 is 9.61. The molecule has 0 aliphatic carbocycles. The van der Waals surface area contributed by atoms with E-state index < -0.39 is 0 Å². The molecule has 0 aliphatic rings. The second-order valence-electron chi connectivity index (χ2n) is 5.62. The van der Waals surface area contributed by atoms with Crippen LogP contribution in [0.5, 0.6) is 5.75 Å². The molecule has 0 saturated heterocycles. The number of ether oxygens (including phenoxy) is 1. The molecule has 0 spiro atoms. The third-order valence-electron chi connectivity index (χ3n) is 3.89. The lowest BCUT2D eigenvalue weighted by molar-refractivity contribution is -0.120. The van der Waals surface area contributed by atoms with Crippen LogP contribution in [0, 0.1) is 0 Å². The summed E-state index contributed by atoms with van der Waals surface area (Å²) in [4.78, 5) is 12.2. The van der Waals surface area contributed by atoms with Gasteiger partial charge >= 0.3 is 0 Å². The van der Waals surface area contributed by atoms with Crippen molar-refractivity contribution in [2.45, 2.75) is 6.42 Å². The molecule has 132 valence electrons. The molecule has 0 heterocycles. The van der Waals surface area contributed by atoms with E-state index in [1.807, 2.05) is 42.5 Å². The Morgan fingerprint density at radius 1 is 1.19 bits per heavy atom. The van der Waals surface area contributed by atoms with Crippen molar-refractivity contribution in [1.82, 2.24) is 5.43 Å². The summed E-state index contributed by atoms with van der Waals surface area (Å²) in [6.45, 7) is 0. The lowest BCUT2D eigenvalue weighted by Crippen LogP contribution is -2.19. The van der Waals surface area contributed by atoms with Crippen molar-refractivity contribution in [2.75, 3.05) is 7.11 Å². The minimum atomic E-state index is -0.187. The molecule has 26 heavy (non-hydrogen) atoms. The predicted molar refractivity (Wildman–Crippen MR) is 109 cm³/mol. The van der Waals surface area contributed by atoms with E-state index in [0.29, 0.717) is 10.8 Å². The Morgan fingerprint density at radius 3 is 2.69 bits per heavy atom. The van der Waals surface area contributed by atoms with Crippen molar-refractivity contribution in [3.63, 3.8) is 0 Å². The predicted octanol–water partition coefficient (Wildman–Crippen LogP) is 4.96. The zero-order valence-corrected chi connectivity index (χ0v) is 16.3. The number of carbonyl (C=O) groups is 1. The Bertz CT molecular complexity index is 989. The van der Waals surface area contributed by atoms with Crippen molar-refractivity contribution >= 4 is 50.4 Å². The van der Waals surface area contributed by atoms with Gasteiger partial charge in [0.25, 0.3) is 0 Å². The lowest BCUT2D eigenvalue weighted by Gasteiger charge is -2.07. The van der Waals surface area contributed by atoms with Gasteiger partial charge in [0.05, 0.1) is 24.8 Å². The summed E-state index contributed by atoms with van der Waals surface area (Å²) in [6.07, 6.45) is 1.79. The number of hydrogen-bond donors (Lipinski definition) is 1. The highest BCUT2D eigenvalue weighted by molar-refractivity contribution is 9.10. The first-order valence-corrected chi connectivity index (χ1v) is 9.07. The van der Waals surface area contributed by atoms with Gasteiger partial charge < -0.3 is 4.74 Å². The number of nitrogens with zero attached hydrogens (tertiary/aromatic N) is 1. The molecule has 3 aromatic rings. The highest BCUT2D eigenvalue weighted by Crippen LogP contribution is 2.27. The molecule has 0 aromatic heterocycles. The van der Waals surface area contributed by atoms with Gasteiger partial charge in [0.15, 0.2) is 0 Å². The number of halogens is 2. The van der Waals surface area contributed by atoms with Crippen LogP contribution in [0.25, 0.3) is 10.8 Å². The summed E-state index contributed by atoms with van der Waals surface area (Å²) in [7, 11) is 1.56.